The van der Waals surface area contributed by atoms with E-state index in [1.807, 2.05) is 18.2 Å². The lowest BCUT2D eigenvalue weighted by atomic mass is 9.92. The quantitative estimate of drug-likeness (QED) is 0.812. The molecule has 0 amide bonds. The molecule has 0 spiro atoms. The van der Waals surface area contributed by atoms with Crippen molar-refractivity contribution in [3.8, 4) is 0 Å². The normalized spacial score (nSPS) is 12.5. The summed E-state index contributed by atoms with van der Waals surface area (Å²) in [6, 6.07) is 9.98. The van der Waals surface area contributed by atoms with Gasteiger partial charge in [-0.05, 0) is 66.8 Å². The zero-order valence-corrected chi connectivity index (χ0v) is 13.6. The van der Waals surface area contributed by atoms with Crippen LogP contribution in [0.4, 0.5) is 0 Å². The fraction of sp³-hybridized carbons (Fsp3) is 0.250. The van der Waals surface area contributed by atoms with Crippen molar-refractivity contribution in [2.45, 2.75) is 26.8 Å². The minimum absolute atomic E-state index is 0.148. The van der Waals surface area contributed by atoms with Gasteiger partial charge in [-0.2, -0.15) is 0 Å². The maximum absolute atomic E-state index is 6.43. The summed E-state index contributed by atoms with van der Waals surface area (Å²) in [5.74, 6) is 0. The van der Waals surface area contributed by atoms with E-state index in [1.54, 1.807) is 0 Å². The third kappa shape index (κ3) is 3.02. The molecule has 0 saturated heterocycles. The Labute approximate surface area is 127 Å². The molecule has 0 bridgehead atoms. The summed E-state index contributed by atoms with van der Waals surface area (Å²) in [5.41, 5.74) is 12.2. The first-order valence-corrected chi connectivity index (χ1v) is 7.35. The SMILES string of the molecule is Cc1cc(C(N)c2cc(Cl)ccc2C)c(C)cc1Br. The van der Waals surface area contributed by atoms with Gasteiger partial charge in [0.2, 0.25) is 0 Å². The average molecular weight is 339 g/mol. The molecular weight excluding hydrogens is 322 g/mol. The largest absolute Gasteiger partial charge is 0.320 e. The van der Waals surface area contributed by atoms with Crippen molar-refractivity contribution in [2.75, 3.05) is 0 Å². The van der Waals surface area contributed by atoms with Crippen LogP contribution in [0.15, 0.2) is 34.8 Å². The van der Waals surface area contributed by atoms with Crippen LogP contribution in [0, 0.1) is 20.8 Å². The van der Waals surface area contributed by atoms with Crippen molar-refractivity contribution in [2.24, 2.45) is 5.73 Å². The molecule has 1 atom stereocenters. The highest BCUT2D eigenvalue weighted by Gasteiger charge is 2.15. The van der Waals surface area contributed by atoms with E-state index in [4.69, 9.17) is 17.3 Å². The number of benzene rings is 2. The van der Waals surface area contributed by atoms with E-state index in [2.05, 4.69) is 48.8 Å². The molecule has 2 aromatic rings. The molecule has 0 heterocycles. The Bertz CT molecular complexity index is 622. The summed E-state index contributed by atoms with van der Waals surface area (Å²) in [6.07, 6.45) is 0. The monoisotopic (exact) mass is 337 g/mol. The molecule has 0 saturated carbocycles. The first-order valence-electron chi connectivity index (χ1n) is 6.18. The predicted octanol–water partition coefficient (Wildman–Crippen LogP) is 5.08. The molecule has 2 aromatic carbocycles. The first kappa shape index (κ1) is 14.6. The van der Waals surface area contributed by atoms with Gasteiger partial charge in [0.1, 0.15) is 0 Å². The maximum atomic E-state index is 6.43. The number of hydrogen-bond donors (Lipinski definition) is 1. The lowest BCUT2D eigenvalue weighted by Gasteiger charge is -2.19. The molecular formula is C16H17BrClN. The molecule has 1 nitrogen and oxygen atoms in total. The Balaban J connectivity index is 2.52. The van der Waals surface area contributed by atoms with Crippen LogP contribution in [0.2, 0.25) is 5.02 Å². The standard InChI is InChI=1S/C16H17BrClN/c1-9-4-5-12(18)8-14(9)16(19)13-6-11(3)15(17)7-10(13)2/h4-8,16H,19H2,1-3H3. The molecule has 100 valence electrons. The smallest absolute Gasteiger partial charge is 0.0557 e. The van der Waals surface area contributed by atoms with Crippen LogP contribution in [0.3, 0.4) is 0 Å². The number of hydrogen-bond acceptors (Lipinski definition) is 1. The van der Waals surface area contributed by atoms with E-state index in [1.165, 1.54) is 11.1 Å². The Hall–Kier alpha value is -0.830. The van der Waals surface area contributed by atoms with E-state index in [0.717, 1.165) is 26.2 Å². The van der Waals surface area contributed by atoms with Crippen LogP contribution in [0.1, 0.15) is 33.9 Å². The predicted molar refractivity (Wildman–Crippen MR) is 85.8 cm³/mol. The Kier molecular flexibility index (Phi) is 4.34. The van der Waals surface area contributed by atoms with Crippen LogP contribution in [-0.2, 0) is 0 Å². The second-order valence-corrected chi connectivity index (χ2v) is 6.23. The van der Waals surface area contributed by atoms with Gasteiger partial charge in [-0.3, -0.25) is 0 Å². The number of rotatable bonds is 2. The molecule has 2 N–H and O–H groups in total. The van der Waals surface area contributed by atoms with Crippen molar-refractivity contribution in [3.05, 3.63) is 67.6 Å². The molecule has 1 unspecified atom stereocenters. The highest BCUT2D eigenvalue weighted by atomic mass is 79.9. The van der Waals surface area contributed by atoms with E-state index >= 15 is 0 Å². The third-order valence-corrected chi connectivity index (χ3v) is 4.55. The molecule has 0 aliphatic heterocycles. The summed E-state index contributed by atoms with van der Waals surface area (Å²) in [4.78, 5) is 0. The fourth-order valence-corrected chi connectivity index (χ4v) is 2.89. The van der Waals surface area contributed by atoms with Gasteiger partial charge in [0.05, 0.1) is 6.04 Å². The lowest BCUT2D eigenvalue weighted by molar-refractivity contribution is 0.850. The van der Waals surface area contributed by atoms with Crippen molar-refractivity contribution in [3.63, 3.8) is 0 Å². The second kappa shape index (κ2) is 5.66. The van der Waals surface area contributed by atoms with Gasteiger partial charge in [-0.25, -0.2) is 0 Å². The fourth-order valence-electron chi connectivity index (χ4n) is 2.25. The van der Waals surface area contributed by atoms with Crippen molar-refractivity contribution in [1.29, 1.82) is 0 Å². The number of nitrogens with two attached hydrogens (primary N) is 1. The van der Waals surface area contributed by atoms with Crippen molar-refractivity contribution >= 4 is 27.5 Å². The maximum Gasteiger partial charge on any atom is 0.0557 e. The molecule has 19 heavy (non-hydrogen) atoms. The Morgan fingerprint density at radius 2 is 1.58 bits per heavy atom. The van der Waals surface area contributed by atoms with E-state index < -0.39 is 0 Å². The second-order valence-electron chi connectivity index (χ2n) is 4.94. The van der Waals surface area contributed by atoms with Gasteiger partial charge < -0.3 is 5.73 Å². The molecule has 0 fully saturated rings. The number of halogens is 2. The summed E-state index contributed by atoms with van der Waals surface area (Å²) >= 11 is 9.63. The summed E-state index contributed by atoms with van der Waals surface area (Å²) < 4.78 is 1.11. The highest BCUT2D eigenvalue weighted by Crippen LogP contribution is 2.30. The van der Waals surface area contributed by atoms with Crippen LogP contribution >= 0.6 is 27.5 Å². The summed E-state index contributed by atoms with van der Waals surface area (Å²) in [5, 5.41) is 0.725. The van der Waals surface area contributed by atoms with Gasteiger partial charge >= 0.3 is 0 Å². The molecule has 0 aliphatic rings. The topological polar surface area (TPSA) is 26.0 Å². The molecule has 3 heteroatoms. The zero-order chi connectivity index (χ0) is 14.2. The van der Waals surface area contributed by atoms with E-state index in [-0.39, 0.29) is 6.04 Å². The molecule has 2 rings (SSSR count). The zero-order valence-electron chi connectivity index (χ0n) is 11.3. The lowest BCUT2D eigenvalue weighted by Crippen LogP contribution is -2.15. The van der Waals surface area contributed by atoms with Gasteiger partial charge in [0.25, 0.3) is 0 Å². The Morgan fingerprint density at radius 1 is 0.947 bits per heavy atom. The van der Waals surface area contributed by atoms with Crippen LogP contribution < -0.4 is 5.73 Å². The number of aryl methyl sites for hydroxylation is 3. The summed E-state index contributed by atoms with van der Waals surface area (Å²) in [6.45, 7) is 6.22. The van der Waals surface area contributed by atoms with Crippen molar-refractivity contribution in [1.82, 2.24) is 0 Å². The Morgan fingerprint density at radius 3 is 2.26 bits per heavy atom. The van der Waals surface area contributed by atoms with Gasteiger partial charge in [0.15, 0.2) is 0 Å². The third-order valence-electron chi connectivity index (χ3n) is 3.46. The van der Waals surface area contributed by atoms with Crippen molar-refractivity contribution < 1.29 is 0 Å². The average Bonchev–Trinajstić information content (AvgIpc) is 2.36. The molecule has 0 aromatic heterocycles. The molecule has 0 aliphatic carbocycles. The van der Waals surface area contributed by atoms with Crippen LogP contribution in [-0.4, -0.2) is 0 Å². The van der Waals surface area contributed by atoms with E-state index in [9.17, 15) is 0 Å². The highest BCUT2D eigenvalue weighted by molar-refractivity contribution is 9.10. The minimum atomic E-state index is -0.148. The van der Waals surface area contributed by atoms with Gasteiger partial charge in [0, 0.05) is 9.50 Å². The van der Waals surface area contributed by atoms with Gasteiger partial charge in [-0.1, -0.05) is 39.7 Å². The van der Waals surface area contributed by atoms with Gasteiger partial charge in [-0.15, -0.1) is 0 Å². The van der Waals surface area contributed by atoms with Crippen LogP contribution in [0.5, 0.6) is 0 Å². The minimum Gasteiger partial charge on any atom is -0.320 e. The van der Waals surface area contributed by atoms with Crippen LogP contribution in [0.25, 0.3) is 0 Å². The first-order chi connectivity index (χ1) is 8.90. The van der Waals surface area contributed by atoms with E-state index in [0.29, 0.717) is 0 Å². The summed E-state index contributed by atoms with van der Waals surface area (Å²) in [7, 11) is 0. The molecule has 0 radical (unpaired) electrons.